The van der Waals surface area contributed by atoms with Crippen molar-refractivity contribution < 1.29 is 9.90 Å². The van der Waals surface area contributed by atoms with Gasteiger partial charge in [0.25, 0.3) is 0 Å². The average molecular weight is 326 g/mol. The lowest BCUT2D eigenvalue weighted by molar-refractivity contribution is 0.0697. The molecule has 2 aromatic rings. The van der Waals surface area contributed by atoms with Gasteiger partial charge < -0.3 is 9.67 Å². The normalized spacial score (nSPS) is 10.9. The van der Waals surface area contributed by atoms with Crippen LogP contribution in [0.3, 0.4) is 0 Å². The quantitative estimate of drug-likeness (QED) is 0.919. The van der Waals surface area contributed by atoms with E-state index in [9.17, 15) is 4.79 Å². The Morgan fingerprint density at radius 3 is 2.74 bits per heavy atom. The van der Waals surface area contributed by atoms with Crippen LogP contribution in [0.2, 0.25) is 0 Å². The number of carboxylic acids is 1. The van der Waals surface area contributed by atoms with E-state index in [1.54, 1.807) is 18.5 Å². The van der Waals surface area contributed by atoms with Gasteiger partial charge in [-0.25, -0.2) is 4.79 Å². The number of hydrogen-bond acceptors (Lipinski definition) is 2. The molecular weight excluding hydrogens is 310 g/mol. The Bertz CT molecular complexity index is 601. The van der Waals surface area contributed by atoms with Gasteiger partial charge in [0.2, 0.25) is 0 Å². The lowest BCUT2D eigenvalue weighted by Crippen LogP contribution is -2.07. The van der Waals surface area contributed by atoms with E-state index < -0.39 is 5.97 Å². The molecule has 102 valence electrons. The number of rotatable bonds is 5. The van der Waals surface area contributed by atoms with E-state index in [2.05, 4.69) is 28.0 Å². The highest BCUT2D eigenvalue weighted by Gasteiger charge is 2.14. The average Bonchev–Trinajstić information content (AvgIpc) is 2.96. The molecule has 2 heterocycles. The van der Waals surface area contributed by atoms with Crippen LogP contribution in [0.4, 0.5) is 0 Å². The van der Waals surface area contributed by atoms with E-state index in [0.717, 1.165) is 28.8 Å². The molecule has 19 heavy (non-hydrogen) atoms. The SMILES string of the molecule is CCc1nn(CC)c(Cn2ccc(C(=O)O)c2)c1Br. The molecule has 0 spiro atoms. The van der Waals surface area contributed by atoms with Gasteiger partial charge in [0, 0.05) is 18.9 Å². The van der Waals surface area contributed by atoms with Crippen LogP contribution in [0.1, 0.15) is 35.6 Å². The standard InChI is InChI=1S/C13H16BrN3O2/c1-3-10-12(14)11(17(4-2)15-10)8-16-6-5-9(7-16)13(18)19/h5-7H,3-4,8H2,1-2H3,(H,18,19). The highest BCUT2D eigenvalue weighted by molar-refractivity contribution is 9.10. The van der Waals surface area contributed by atoms with Crippen LogP contribution in [0, 0.1) is 0 Å². The largest absolute Gasteiger partial charge is 0.478 e. The highest BCUT2D eigenvalue weighted by Crippen LogP contribution is 2.23. The van der Waals surface area contributed by atoms with Gasteiger partial charge in [0.1, 0.15) is 0 Å². The molecule has 0 unspecified atom stereocenters. The summed E-state index contributed by atoms with van der Waals surface area (Å²) in [4.78, 5) is 10.9. The second-order valence-electron chi connectivity index (χ2n) is 4.25. The summed E-state index contributed by atoms with van der Waals surface area (Å²) in [7, 11) is 0. The van der Waals surface area contributed by atoms with E-state index in [1.165, 1.54) is 0 Å². The molecule has 6 heteroatoms. The van der Waals surface area contributed by atoms with Crippen molar-refractivity contribution in [1.29, 1.82) is 0 Å². The summed E-state index contributed by atoms with van der Waals surface area (Å²) in [6.07, 6.45) is 4.27. The van der Waals surface area contributed by atoms with Crippen molar-refractivity contribution in [2.24, 2.45) is 0 Å². The molecule has 1 N–H and O–H groups in total. The Morgan fingerprint density at radius 2 is 2.21 bits per heavy atom. The van der Waals surface area contributed by atoms with Gasteiger partial charge in [-0.2, -0.15) is 5.10 Å². The fourth-order valence-electron chi connectivity index (χ4n) is 2.01. The van der Waals surface area contributed by atoms with Crippen molar-refractivity contribution in [3.05, 3.63) is 39.9 Å². The van der Waals surface area contributed by atoms with Crippen molar-refractivity contribution in [3.63, 3.8) is 0 Å². The number of aromatic carboxylic acids is 1. The van der Waals surface area contributed by atoms with Gasteiger partial charge >= 0.3 is 5.97 Å². The summed E-state index contributed by atoms with van der Waals surface area (Å²) >= 11 is 3.58. The molecule has 0 amide bonds. The summed E-state index contributed by atoms with van der Waals surface area (Å²) in [5.74, 6) is -0.906. The van der Waals surface area contributed by atoms with Crippen LogP contribution < -0.4 is 0 Å². The fourth-order valence-corrected chi connectivity index (χ4v) is 2.70. The van der Waals surface area contributed by atoms with Crippen molar-refractivity contribution in [2.75, 3.05) is 0 Å². The third-order valence-corrected chi connectivity index (χ3v) is 3.94. The summed E-state index contributed by atoms with van der Waals surface area (Å²) < 4.78 is 4.82. The second kappa shape index (κ2) is 5.61. The van der Waals surface area contributed by atoms with Crippen molar-refractivity contribution in [2.45, 2.75) is 33.4 Å². The van der Waals surface area contributed by atoms with Crippen molar-refractivity contribution >= 4 is 21.9 Å². The number of carboxylic acid groups (broad SMARTS) is 1. The molecule has 0 bridgehead atoms. The topological polar surface area (TPSA) is 60.0 Å². The molecule has 2 aromatic heterocycles. The maximum atomic E-state index is 10.9. The molecule has 5 nitrogen and oxygen atoms in total. The zero-order valence-electron chi connectivity index (χ0n) is 10.9. The second-order valence-corrected chi connectivity index (χ2v) is 5.05. The lowest BCUT2D eigenvalue weighted by atomic mass is 10.3. The third kappa shape index (κ3) is 2.73. The molecule has 0 radical (unpaired) electrons. The molecule has 0 aliphatic carbocycles. The van der Waals surface area contributed by atoms with Gasteiger partial charge in [-0.1, -0.05) is 6.92 Å². The molecular formula is C13H16BrN3O2. The molecule has 0 aliphatic heterocycles. The van der Waals surface area contributed by atoms with Gasteiger partial charge in [0.05, 0.1) is 28.0 Å². The number of hydrogen-bond donors (Lipinski definition) is 1. The van der Waals surface area contributed by atoms with Crippen molar-refractivity contribution in [1.82, 2.24) is 14.3 Å². The van der Waals surface area contributed by atoms with Gasteiger partial charge in [-0.15, -0.1) is 0 Å². The van der Waals surface area contributed by atoms with E-state index in [-0.39, 0.29) is 0 Å². The van der Waals surface area contributed by atoms with Crippen LogP contribution in [-0.4, -0.2) is 25.4 Å². The van der Waals surface area contributed by atoms with Crippen LogP contribution in [0.25, 0.3) is 0 Å². The first-order valence-electron chi connectivity index (χ1n) is 6.19. The van der Waals surface area contributed by atoms with E-state index in [0.29, 0.717) is 12.1 Å². The summed E-state index contributed by atoms with van der Waals surface area (Å²) in [6, 6.07) is 1.60. The van der Waals surface area contributed by atoms with E-state index in [1.807, 2.05) is 16.2 Å². The van der Waals surface area contributed by atoms with Gasteiger partial charge in [-0.05, 0) is 35.3 Å². The molecule has 0 fully saturated rings. The van der Waals surface area contributed by atoms with Crippen molar-refractivity contribution in [3.8, 4) is 0 Å². The van der Waals surface area contributed by atoms with Crippen LogP contribution in [0.5, 0.6) is 0 Å². The zero-order chi connectivity index (χ0) is 14.0. The lowest BCUT2D eigenvalue weighted by Gasteiger charge is -2.06. The summed E-state index contributed by atoms with van der Waals surface area (Å²) in [6.45, 7) is 5.51. The summed E-state index contributed by atoms with van der Waals surface area (Å²) in [5, 5.41) is 13.4. The number of aryl methyl sites for hydroxylation is 2. The van der Waals surface area contributed by atoms with Gasteiger partial charge in [-0.3, -0.25) is 4.68 Å². The Balaban J connectivity index is 2.31. The zero-order valence-corrected chi connectivity index (χ0v) is 12.5. The number of aromatic nitrogens is 3. The summed E-state index contributed by atoms with van der Waals surface area (Å²) in [5.41, 5.74) is 2.39. The number of carbonyl (C=O) groups is 1. The molecule has 0 saturated carbocycles. The minimum atomic E-state index is -0.906. The van der Waals surface area contributed by atoms with Crippen LogP contribution >= 0.6 is 15.9 Å². The molecule has 0 saturated heterocycles. The monoisotopic (exact) mass is 325 g/mol. The highest BCUT2D eigenvalue weighted by atomic mass is 79.9. The minimum Gasteiger partial charge on any atom is -0.478 e. The molecule has 0 atom stereocenters. The predicted octanol–water partition coefficient (Wildman–Crippen LogP) is 2.78. The third-order valence-electron chi connectivity index (χ3n) is 3.02. The minimum absolute atomic E-state index is 0.300. The first kappa shape index (κ1) is 13.9. The Morgan fingerprint density at radius 1 is 1.47 bits per heavy atom. The van der Waals surface area contributed by atoms with E-state index >= 15 is 0 Å². The first-order valence-corrected chi connectivity index (χ1v) is 6.99. The number of halogens is 1. The maximum Gasteiger partial charge on any atom is 0.337 e. The Hall–Kier alpha value is -1.56. The molecule has 0 aromatic carbocycles. The molecule has 2 rings (SSSR count). The van der Waals surface area contributed by atoms with Gasteiger partial charge in [0.15, 0.2) is 0 Å². The molecule has 0 aliphatic rings. The van der Waals surface area contributed by atoms with Crippen LogP contribution in [-0.2, 0) is 19.5 Å². The van der Waals surface area contributed by atoms with E-state index in [4.69, 9.17) is 5.11 Å². The van der Waals surface area contributed by atoms with Crippen LogP contribution in [0.15, 0.2) is 22.9 Å². The first-order chi connectivity index (χ1) is 9.06. The smallest absolute Gasteiger partial charge is 0.337 e. The number of nitrogens with zero attached hydrogens (tertiary/aromatic N) is 3. The Labute approximate surface area is 120 Å². The fraction of sp³-hybridized carbons (Fsp3) is 0.385. The Kier molecular flexibility index (Phi) is 4.09. The predicted molar refractivity (Wildman–Crippen MR) is 75.5 cm³/mol. The maximum absolute atomic E-state index is 10.9.